The molecule has 6 nitrogen and oxygen atoms in total. The van der Waals surface area contributed by atoms with Gasteiger partial charge in [-0.1, -0.05) is 11.6 Å². The van der Waals surface area contributed by atoms with Crippen LogP contribution in [-0.4, -0.2) is 44.5 Å². The van der Waals surface area contributed by atoms with E-state index in [0.29, 0.717) is 29.5 Å². The van der Waals surface area contributed by atoms with Crippen molar-refractivity contribution in [2.45, 2.75) is 19.2 Å². The van der Waals surface area contributed by atoms with Gasteiger partial charge >= 0.3 is 0 Å². The average Bonchev–Trinajstić information content (AvgIpc) is 3.15. The molecule has 7 heteroatoms. The standard InChI is InChI=1S/C17H17ClN4O2/c1-24-14-9-20-6-2-3-13(20)8-22(10-14)17(23)15-11-21-7-12(18)4-5-16(21)19-15/h2-7,11,14H,8-10H2,1H3. The zero-order valence-corrected chi connectivity index (χ0v) is 14.0. The van der Waals surface area contributed by atoms with Crippen LogP contribution in [0.5, 0.6) is 0 Å². The van der Waals surface area contributed by atoms with E-state index < -0.39 is 0 Å². The Morgan fingerprint density at radius 3 is 3.00 bits per heavy atom. The Kier molecular flexibility index (Phi) is 3.78. The Morgan fingerprint density at radius 2 is 2.17 bits per heavy atom. The van der Waals surface area contributed by atoms with Gasteiger partial charge in [-0.2, -0.15) is 0 Å². The molecule has 0 bridgehead atoms. The van der Waals surface area contributed by atoms with Crippen LogP contribution in [0.1, 0.15) is 16.2 Å². The lowest BCUT2D eigenvalue weighted by atomic mass is 10.3. The van der Waals surface area contributed by atoms with E-state index in [1.165, 1.54) is 0 Å². The van der Waals surface area contributed by atoms with Crippen LogP contribution in [-0.2, 0) is 17.8 Å². The maximum Gasteiger partial charge on any atom is 0.274 e. The summed E-state index contributed by atoms with van der Waals surface area (Å²) in [6.45, 7) is 1.81. The highest BCUT2D eigenvalue weighted by Gasteiger charge is 2.26. The molecule has 0 N–H and O–H groups in total. The van der Waals surface area contributed by atoms with Gasteiger partial charge in [0, 0.05) is 37.9 Å². The van der Waals surface area contributed by atoms with Crippen molar-refractivity contribution < 1.29 is 9.53 Å². The molecule has 4 rings (SSSR count). The molecule has 3 aromatic rings. The fourth-order valence-corrected chi connectivity index (χ4v) is 3.26. The molecule has 1 aliphatic rings. The summed E-state index contributed by atoms with van der Waals surface area (Å²) >= 11 is 6.00. The molecule has 24 heavy (non-hydrogen) atoms. The summed E-state index contributed by atoms with van der Waals surface area (Å²) in [7, 11) is 1.68. The smallest absolute Gasteiger partial charge is 0.274 e. The largest absolute Gasteiger partial charge is 0.378 e. The van der Waals surface area contributed by atoms with E-state index in [9.17, 15) is 4.79 Å². The predicted molar refractivity (Wildman–Crippen MR) is 90.2 cm³/mol. The quantitative estimate of drug-likeness (QED) is 0.717. The normalized spacial score (nSPS) is 17.8. The molecule has 3 aromatic heterocycles. The fraction of sp³-hybridized carbons (Fsp3) is 0.294. The van der Waals surface area contributed by atoms with Crippen LogP contribution in [0.25, 0.3) is 5.65 Å². The minimum atomic E-state index is -0.105. The number of methoxy groups -OCH3 is 1. The number of carbonyl (C=O) groups excluding carboxylic acids is 1. The summed E-state index contributed by atoms with van der Waals surface area (Å²) in [4.78, 5) is 19.2. The summed E-state index contributed by atoms with van der Waals surface area (Å²) in [5.41, 5.74) is 2.20. The van der Waals surface area contributed by atoms with E-state index in [1.54, 1.807) is 40.9 Å². The highest BCUT2D eigenvalue weighted by molar-refractivity contribution is 6.30. The maximum absolute atomic E-state index is 13.0. The first-order valence-corrected chi connectivity index (χ1v) is 8.12. The number of carbonyl (C=O) groups is 1. The van der Waals surface area contributed by atoms with Gasteiger partial charge in [-0.3, -0.25) is 4.79 Å². The number of halogens is 1. The fourth-order valence-electron chi connectivity index (χ4n) is 3.09. The highest BCUT2D eigenvalue weighted by atomic mass is 35.5. The molecule has 1 atom stereocenters. The van der Waals surface area contributed by atoms with Gasteiger partial charge in [-0.15, -0.1) is 0 Å². The first kappa shape index (κ1) is 15.2. The third-order valence-corrected chi connectivity index (χ3v) is 4.58. The van der Waals surface area contributed by atoms with Gasteiger partial charge in [-0.25, -0.2) is 4.98 Å². The molecule has 0 fully saturated rings. The predicted octanol–water partition coefficient (Wildman–Crippen LogP) is 2.46. The molecule has 0 saturated heterocycles. The van der Waals surface area contributed by atoms with E-state index in [1.807, 2.05) is 18.3 Å². The second-order valence-corrected chi connectivity index (χ2v) is 6.37. The van der Waals surface area contributed by atoms with Gasteiger partial charge in [-0.05, 0) is 24.3 Å². The minimum Gasteiger partial charge on any atom is -0.378 e. The van der Waals surface area contributed by atoms with E-state index in [0.717, 1.165) is 12.2 Å². The minimum absolute atomic E-state index is 0.0472. The summed E-state index contributed by atoms with van der Waals surface area (Å²) in [6, 6.07) is 7.58. The number of pyridine rings is 1. The van der Waals surface area contributed by atoms with Gasteiger partial charge < -0.3 is 18.6 Å². The molecular formula is C17H17ClN4O2. The second-order valence-electron chi connectivity index (χ2n) is 5.93. The van der Waals surface area contributed by atoms with E-state index in [2.05, 4.69) is 9.55 Å². The number of imidazole rings is 1. The van der Waals surface area contributed by atoms with Crippen molar-refractivity contribution >= 4 is 23.2 Å². The highest BCUT2D eigenvalue weighted by Crippen LogP contribution is 2.18. The topological polar surface area (TPSA) is 51.8 Å². The molecule has 1 amide bonds. The van der Waals surface area contributed by atoms with Crippen LogP contribution in [0.4, 0.5) is 0 Å². The van der Waals surface area contributed by atoms with Gasteiger partial charge in [0.1, 0.15) is 11.3 Å². The monoisotopic (exact) mass is 344 g/mol. The van der Waals surface area contributed by atoms with Crippen molar-refractivity contribution in [1.29, 1.82) is 0 Å². The molecule has 4 heterocycles. The van der Waals surface area contributed by atoms with Crippen molar-refractivity contribution in [3.05, 3.63) is 59.3 Å². The first-order valence-electron chi connectivity index (χ1n) is 7.74. The molecule has 0 aliphatic carbocycles. The number of rotatable bonds is 2. The van der Waals surface area contributed by atoms with Gasteiger partial charge in [0.25, 0.3) is 5.91 Å². The first-order chi connectivity index (χ1) is 11.6. The molecule has 0 aromatic carbocycles. The summed E-state index contributed by atoms with van der Waals surface area (Å²) in [5.74, 6) is -0.105. The number of ether oxygens (including phenoxy) is 1. The molecule has 0 spiro atoms. The SMILES string of the molecule is COC1CN(C(=O)c2cn3cc(Cl)ccc3n2)Cc2cccn2C1. The Hall–Kier alpha value is -2.31. The third kappa shape index (κ3) is 2.68. The second kappa shape index (κ2) is 5.96. The number of nitrogens with zero attached hydrogens (tertiary/aromatic N) is 4. The van der Waals surface area contributed by atoms with Crippen molar-refractivity contribution in [1.82, 2.24) is 18.9 Å². The van der Waals surface area contributed by atoms with Crippen LogP contribution in [0, 0.1) is 0 Å². The lowest BCUT2D eigenvalue weighted by Crippen LogP contribution is -2.37. The molecule has 0 saturated carbocycles. The van der Waals surface area contributed by atoms with Crippen molar-refractivity contribution in [2.75, 3.05) is 13.7 Å². The molecule has 124 valence electrons. The van der Waals surface area contributed by atoms with Crippen LogP contribution in [0.15, 0.2) is 42.9 Å². The zero-order valence-electron chi connectivity index (χ0n) is 13.2. The lowest BCUT2D eigenvalue weighted by molar-refractivity contribution is 0.0455. The Morgan fingerprint density at radius 1 is 1.29 bits per heavy atom. The Labute approximate surface area is 144 Å². The van der Waals surface area contributed by atoms with Crippen molar-refractivity contribution in [3.8, 4) is 0 Å². The Balaban J connectivity index is 1.66. The van der Waals surface area contributed by atoms with Gasteiger partial charge in [0.05, 0.1) is 24.2 Å². The summed E-state index contributed by atoms with van der Waals surface area (Å²) < 4.78 is 9.43. The zero-order chi connectivity index (χ0) is 16.7. The Bertz CT molecular complexity index is 901. The average molecular weight is 345 g/mol. The van der Waals surface area contributed by atoms with E-state index >= 15 is 0 Å². The third-order valence-electron chi connectivity index (χ3n) is 4.36. The van der Waals surface area contributed by atoms with Crippen LogP contribution < -0.4 is 0 Å². The van der Waals surface area contributed by atoms with Crippen LogP contribution in [0.2, 0.25) is 5.02 Å². The summed E-state index contributed by atoms with van der Waals surface area (Å²) in [6.07, 6.45) is 5.43. The van der Waals surface area contributed by atoms with Crippen LogP contribution in [0.3, 0.4) is 0 Å². The summed E-state index contributed by atoms with van der Waals surface area (Å²) in [5, 5.41) is 0.603. The van der Waals surface area contributed by atoms with Crippen molar-refractivity contribution in [2.24, 2.45) is 0 Å². The van der Waals surface area contributed by atoms with Crippen LogP contribution >= 0.6 is 11.6 Å². The number of hydrogen-bond acceptors (Lipinski definition) is 3. The van der Waals surface area contributed by atoms with Gasteiger partial charge in [0.15, 0.2) is 0 Å². The number of hydrogen-bond donors (Lipinski definition) is 0. The molecule has 0 radical (unpaired) electrons. The molecule has 1 aliphatic heterocycles. The van der Waals surface area contributed by atoms with Crippen molar-refractivity contribution in [3.63, 3.8) is 0 Å². The number of fused-ring (bicyclic) bond motifs is 2. The maximum atomic E-state index is 13.0. The molecule has 1 unspecified atom stereocenters. The van der Waals surface area contributed by atoms with Gasteiger partial charge in [0.2, 0.25) is 0 Å². The van der Waals surface area contributed by atoms with E-state index in [-0.39, 0.29) is 12.0 Å². The number of aromatic nitrogens is 3. The molecular weight excluding hydrogens is 328 g/mol. The lowest BCUT2D eigenvalue weighted by Gasteiger charge is -2.22. The van der Waals surface area contributed by atoms with E-state index in [4.69, 9.17) is 16.3 Å². The number of amides is 1.